The van der Waals surface area contributed by atoms with Crippen LogP contribution in [0.25, 0.3) is 0 Å². The molecule has 2 rings (SSSR count). The minimum Gasteiger partial charge on any atom is -0.326 e. The van der Waals surface area contributed by atoms with E-state index in [1.54, 1.807) is 31.3 Å². The van der Waals surface area contributed by atoms with Crippen molar-refractivity contribution < 1.29 is 8.42 Å². The normalized spacial score (nSPS) is 11.4. The number of hydrogen-bond acceptors (Lipinski definition) is 4. The molecule has 0 aliphatic carbocycles. The Kier molecular flexibility index (Phi) is 4.65. The molecule has 0 unspecified atom stereocenters. The molecule has 0 fully saturated rings. The molecule has 0 spiro atoms. The molecule has 0 atom stereocenters. The SMILES string of the molecule is Cc1cc(CN)cc(S(=O)(=O)Nc2cccnc2C)c1Br. The number of sulfonamides is 1. The zero-order valence-electron chi connectivity index (χ0n) is 11.7. The maximum Gasteiger partial charge on any atom is 0.263 e. The topological polar surface area (TPSA) is 85.1 Å². The first kappa shape index (κ1) is 15.9. The number of rotatable bonds is 4. The molecule has 0 saturated heterocycles. The number of nitrogens with two attached hydrogens (primary N) is 1. The van der Waals surface area contributed by atoms with Gasteiger partial charge >= 0.3 is 0 Å². The lowest BCUT2D eigenvalue weighted by molar-refractivity contribution is 0.600. The van der Waals surface area contributed by atoms with Gasteiger partial charge in [0.2, 0.25) is 0 Å². The highest BCUT2D eigenvalue weighted by atomic mass is 79.9. The largest absolute Gasteiger partial charge is 0.326 e. The van der Waals surface area contributed by atoms with Crippen LogP contribution in [0.1, 0.15) is 16.8 Å². The molecule has 2 aromatic rings. The smallest absolute Gasteiger partial charge is 0.263 e. The average Bonchev–Trinajstić information content (AvgIpc) is 2.43. The summed E-state index contributed by atoms with van der Waals surface area (Å²) >= 11 is 3.34. The first-order valence-electron chi connectivity index (χ1n) is 6.28. The average molecular weight is 370 g/mol. The molecule has 3 N–H and O–H groups in total. The second-order valence-corrected chi connectivity index (χ2v) is 7.11. The highest BCUT2D eigenvalue weighted by molar-refractivity contribution is 9.10. The van der Waals surface area contributed by atoms with E-state index in [-0.39, 0.29) is 11.4 Å². The number of nitrogens with one attached hydrogen (secondary N) is 1. The minimum absolute atomic E-state index is 0.172. The van der Waals surface area contributed by atoms with Crippen molar-refractivity contribution in [1.82, 2.24) is 4.98 Å². The van der Waals surface area contributed by atoms with E-state index in [4.69, 9.17) is 5.73 Å². The van der Waals surface area contributed by atoms with Gasteiger partial charge in [0.1, 0.15) is 4.90 Å². The molecule has 0 radical (unpaired) electrons. The van der Waals surface area contributed by atoms with Crippen molar-refractivity contribution in [3.05, 3.63) is 51.8 Å². The zero-order valence-corrected chi connectivity index (χ0v) is 14.1. The predicted octanol–water partition coefficient (Wildman–Crippen LogP) is 2.72. The second kappa shape index (κ2) is 6.13. The number of nitrogens with zero attached hydrogens (tertiary/aromatic N) is 1. The molecular weight excluding hydrogens is 354 g/mol. The molecule has 0 aliphatic rings. The Hall–Kier alpha value is -1.44. The van der Waals surface area contributed by atoms with Gasteiger partial charge < -0.3 is 5.73 Å². The van der Waals surface area contributed by atoms with Gasteiger partial charge in [-0.25, -0.2) is 8.42 Å². The van der Waals surface area contributed by atoms with Gasteiger partial charge in [0.25, 0.3) is 10.0 Å². The Balaban J connectivity index is 2.50. The Labute approximate surface area is 132 Å². The van der Waals surface area contributed by atoms with Crippen LogP contribution in [-0.4, -0.2) is 13.4 Å². The first-order chi connectivity index (χ1) is 9.85. The fourth-order valence-electron chi connectivity index (χ4n) is 1.91. The van der Waals surface area contributed by atoms with E-state index in [1.165, 1.54) is 0 Å². The van der Waals surface area contributed by atoms with E-state index in [2.05, 4.69) is 25.6 Å². The van der Waals surface area contributed by atoms with Gasteiger partial charge in [0.05, 0.1) is 11.4 Å². The van der Waals surface area contributed by atoms with Crippen LogP contribution in [0.5, 0.6) is 0 Å². The van der Waals surface area contributed by atoms with Crippen molar-refractivity contribution in [1.29, 1.82) is 0 Å². The molecule has 1 heterocycles. The van der Waals surface area contributed by atoms with Crippen LogP contribution in [0.2, 0.25) is 0 Å². The van der Waals surface area contributed by atoms with Crippen molar-refractivity contribution in [3.63, 3.8) is 0 Å². The second-order valence-electron chi connectivity index (χ2n) is 4.67. The maximum atomic E-state index is 12.6. The summed E-state index contributed by atoms with van der Waals surface area (Å²) in [5.74, 6) is 0. The number of anilines is 1. The minimum atomic E-state index is -3.71. The van der Waals surface area contributed by atoms with E-state index in [9.17, 15) is 8.42 Å². The van der Waals surface area contributed by atoms with Crippen LogP contribution in [0, 0.1) is 13.8 Å². The quantitative estimate of drug-likeness (QED) is 0.867. The molecule has 5 nitrogen and oxygen atoms in total. The van der Waals surface area contributed by atoms with Crippen molar-refractivity contribution in [2.75, 3.05) is 4.72 Å². The number of aromatic nitrogens is 1. The molecule has 0 saturated carbocycles. The Morgan fingerprint density at radius 1 is 1.33 bits per heavy atom. The van der Waals surface area contributed by atoms with Gasteiger partial charge in [0.15, 0.2) is 0 Å². The number of hydrogen-bond donors (Lipinski definition) is 2. The van der Waals surface area contributed by atoms with E-state index in [0.717, 1.165) is 11.1 Å². The Bertz CT molecular complexity index is 776. The van der Waals surface area contributed by atoms with Gasteiger partial charge in [-0.2, -0.15) is 0 Å². The summed E-state index contributed by atoms with van der Waals surface area (Å²) in [7, 11) is -3.71. The molecular formula is C14H16BrN3O2S. The third-order valence-corrected chi connectivity index (χ3v) is 5.76. The number of benzene rings is 1. The van der Waals surface area contributed by atoms with Crippen LogP contribution in [0.3, 0.4) is 0 Å². The van der Waals surface area contributed by atoms with Gasteiger partial charge in [-0.15, -0.1) is 0 Å². The zero-order chi connectivity index (χ0) is 15.6. The molecule has 1 aromatic heterocycles. The van der Waals surface area contributed by atoms with Crippen LogP contribution in [0.4, 0.5) is 5.69 Å². The molecule has 1 aromatic carbocycles. The fourth-order valence-corrected chi connectivity index (χ4v) is 4.10. The lowest BCUT2D eigenvalue weighted by atomic mass is 10.1. The van der Waals surface area contributed by atoms with Crippen LogP contribution in [0.15, 0.2) is 39.8 Å². The molecule has 21 heavy (non-hydrogen) atoms. The standard InChI is InChI=1S/C14H16BrN3O2S/c1-9-6-11(8-16)7-13(14(9)15)21(19,20)18-12-4-3-5-17-10(12)2/h3-7,18H,8,16H2,1-2H3. The van der Waals surface area contributed by atoms with Gasteiger partial charge in [-0.3, -0.25) is 9.71 Å². The summed E-state index contributed by atoms with van der Waals surface area (Å²) < 4.78 is 28.3. The molecule has 0 amide bonds. The van der Waals surface area contributed by atoms with E-state index < -0.39 is 10.0 Å². The van der Waals surface area contributed by atoms with Gasteiger partial charge in [0, 0.05) is 17.2 Å². The molecule has 0 aliphatic heterocycles. The summed E-state index contributed by atoms with van der Waals surface area (Å²) in [4.78, 5) is 4.24. The number of pyridine rings is 1. The van der Waals surface area contributed by atoms with E-state index in [1.807, 2.05) is 13.0 Å². The van der Waals surface area contributed by atoms with Gasteiger partial charge in [-0.05, 0) is 59.1 Å². The van der Waals surface area contributed by atoms with Gasteiger partial charge in [-0.1, -0.05) is 6.07 Å². The summed E-state index contributed by atoms with van der Waals surface area (Å²) in [5.41, 5.74) is 8.27. The predicted molar refractivity (Wildman–Crippen MR) is 86.6 cm³/mol. The monoisotopic (exact) mass is 369 g/mol. The highest BCUT2D eigenvalue weighted by Crippen LogP contribution is 2.29. The van der Waals surface area contributed by atoms with E-state index >= 15 is 0 Å². The van der Waals surface area contributed by atoms with Crippen molar-refractivity contribution in [2.24, 2.45) is 5.73 Å². The van der Waals surface area contributed by atoms with Crippen LogP contribution in [-0.2, 0) is 16.6 Å². The lowest BCUT2D eigenvalue weighted by Gasteiger charge is -2.13. The number of halogens is 1. The summed E-state index contributed by atoms with van der Waals surface area (Å²) in [6, 6.07) is 6.79. The first-order valence-corrected chi connectivity index (χ1v) is 8.56. The third-order valence-electron chi connectivity index (χ3n) is 3.06. The maximum absolute atomic E-state index is 12.6. The summed E-state index contributed by atoms with van der Waals surface area (Å²) in [6.45, 7) is 3.86. The molecule has 7 heteroatoms. The Morgan fingerprint density at radius 3 is 2.67 bits per heavy atom. The Morgan fingerprint density at radius 2 is 2.05 bits per heavy atom. The lowest BCUT2D eigenvalue weighted by Crippen LogP contribution is -2.16. The van der Waals surface area contributed by atoms with Crippen molar-refractivity contribution >= 4 is 31.6 Å². The van der Waals surface area contributed by atoms with E-state index in [0.29, 0.717) is 15.9 Å². The molecule has 112 valence electrons. The van der Waals surface area contributed by atoms with Crippen LogP contribution < -0.4 is 10.5 Å². The fraction of sp³-hybridized carbons (Fsp3) is 0.214. The third kappa shape index (κ3) is 3.42. The van der Waals surface area contributed by atoms with Crippen molar-refractivity contribution in [3.8, 4) is 0 Å². The highest BCUT2D eigenvalue weighted by Gasteiger charge is 2.20. The molecule has 0 bridgehead atoms. The van der Waals surface area contributed by atoms with Crippen molar-refractivity contribution in [2.45, 2.75) is 25.3 Å². The van der Waals surface area contributed by atoms with Crippen LogP contribution >= 0.6 is 15.9 Å². The number of aryl methyl sites for hydroxylation is 2. The summed E-state index contributed by atoms with van der Waals surface area (Å²) in [5, 5.41) is 0. The summed E-state index contributed by atoms with van der Waals surface area (Å²) in [6.07, 6.45) is 1.61.